The first-order valence-electron chi connectivity index (χ1n) is 8.42. The molecule has 6 heteroatoms. The Kier molecular flexibility index (Phi) is 5.11. The molecule has 1 heterocycles. The molecule has 1 saturated heterocycles. The molecule has 2 aromatic rings. The fourth-order valence-corrected chi connectivity index (χ4v) is 3.04. The van der Waals surface area contributed by atoms with Crippen molar-refractivity contribution < 1.29 is 19.1 Å². The number of hydrogen-bond acceptors (Lipinski definition) is 4. The van der Waals surface area contributed by atoms with Crippen LogP contribution in [0, 0.1) is 0 Å². The maximum absolute atomic E-state index is 12.4. The number of amides is 2. The van der Waals surface area contributed by atoms with Crippen LogP contribution in [0.1, 0.15) is 16.8 Å². The Morgan fingerprint density at radius 1 is 1.12 bits per heavy atom. The topological polar surface area (TPSA) is 67.9 Å². The molecule has 1 N–H and O–H groups in total. The van der Waals surface area contributed by atoms with Gasteiger partial charge in [0.25, 0.3) is 5.91 Å². The molecule has 3 rings (SSSR count). The Bertz CT molecular complexity index is 817. The Morgan fingerprint density at radius 3 is 2.42 bits per heavy atom. The van der Waals surface area contributed by atoms with E-state index in [-0.39, 0.29) is 11.8 Å². The summed E-state index contributed by atoms with van der Waals surface area (Å²) in [6.07, 6.45) is 0.641. The molecule has 26 heavy (non-hydrogen) atoms. The Hall–Kier alpha value is -3.02. The van der Waals surface area contributed by atoms with Gasteiger partial charge in [-0.1, -0.05) is 12.1 Å². The van der Waals surface area contributed by atoms with Crippen LogP contribution in [0.25, 0.3) is 11.1 Å². The van der Waals surface area contributed by atoms with Gasteiger partial charge in [-0.05, 0) is 36.2 Å². The van der Waals surface area contributed by atoms with Crippen molar-refractivity contribution in [3.8, 4) is 22.6 Å². The van der Waals surface area contributed by atoms with E-state index in [1.165, 1.54) is 0 Å². The number of rotatable bonds is 5. The van der Waals surface area contributed by atoms with Crippen molar-refractivity contribution in [2.45, 2.75) is 12.5 Å². The Morgan fingerprint density at radius 2 is 1.85 bits per heavy atom. The molecule has 1 atom stereocenters. The van der Waals surface area contributed by atoms with Gasteiger partial charge in [-0.2, -0.15) is 0 Å². The van der Waals surface area contributed by atoms with Crippen molar-refractivity contribution in [2.24, 2.45) is 0 Å². The number of carbonyl (C=O) groups excluding carboxylic acids is 2. The summed E-state index contributed by atoms with van der Waals surface area (Å²) >= 11 is 0. The zero-order valence-electron chi connectivity index (χ0n) is 15.1. The zero-order chi connectivity index (χ0) is 18.7. The number of nitrogens with one attached hydrogen (secondary N) is 1. The van der Waals surface area contributed by atoms with Gasteiger partial charge in [-0.25, -0.2) is 0 Å². The second-order valence-corrected chi connectivity index (χ2v) is 6.22. The molecule has 1 aliphatic heterocycles. The molecule has 0 spiro atoms. The minimum Gasteiger partial charge on any atom is -0.497 e. The first kappa shape index (κ1) is 17.8. The van der Waals surface area contributed by atoms with E-state index in [4.69, 9.17) is 9.47 Å². The van der Waals surface area contributed by atoms with E-state index < -0.39 is 6.04 Å². The standard InChI is InChI=1S/C20H22N2O4/c1-22-11-10-17(20(22)24)21-19(23)14-6-4-13(5-7-14)16-9-8-15(25-2)12-18(16)26-3/h4-9,12,17H,10-11H2,1-3H3,(H,21,23). The van der Waals surface area contributed by atoms with Gasteiger partial charge in [-0.15, -0.1) is 0 Å². The fourth-order valence-electron chi connectivity index (χ4n) is 3.04. The van der Waals surface area contributed by atoms with Crippen LogP contribution in [-0.2, 0) is 4.79 Å². The number of benzene rings is 2. The highest BCUT2D eigenvalue weighted by molar-refractivity contribution is 5.98. The van der Waals surface area contributed by atoms with Crippen molar-refractivity contribution in [2.75, 3.05) is 27.8 Å². The number of ether oxygens (including phenoxy) is 2. The summed E-state index contributed by atoms with van der Waals surface area (Å²) in [5.41, 5.74) is 2.36. The average Bonchev–Trinajstić information content (AvgIpc) is 2.99. The van der Waals surface area contributed by atoms with Crippen LogP contribution in [0.3, 0.4) is 0 Å². The van der Waals surface area contributed by atoms with Crippen LogP contribution >= 0.6 is 0 Å². The number of carbonyl (C=O) groups is 2. The molecular formula is C20H22N2O4. The molecule has 0 radical (unpaired) electrons. The van der Waals surface area contributed by atoms with Gasteiger partial charge in [0.1, 0.15) is 17.5 Å². The first-order chi connectivity index (χ1) is 12.5. The molecule has 2 amide bonds. The SMILES string of the molecule is COc1ccc(-c2ccc(C(=O)NC3CCN(C)C3=O)cc2)c(OC)c1. The molecule has 6 nitrogen and oxygen atoms in total. The van der Waals surface area contributed by atoms with Gasteiger partial charge in [0.15, 0.2) is 0 Å². The summed E-state index contributed by atoms with van der Waals surface area (Å²) in [6, 6.07) is 12.4. The van der Waals surface area contributed by atoms with Crippen LogP contribution in [0.2, 0.25) is 0 Å². The molecule has 0 aliphatic carbocycles. The summed E-state index contributed by atoms with van der Waals surface area (Å²) in [7, 11) is 4.95. The van der Waals surface area contributed by atoms with Crippen LogP contribution < -0.4 is 14.8 Å². The fraction of sp³-hybridized carbons (Fsp3) is 0.300. The Balaban J connectivity index is 1.76. The molecule has 1 unspecified atom stereocenters. The third kappa shape index (κ3) is 3.49. The van der Waals surface area contributed by atoms with Crippen molar-refractivity contribution in [3.05, 3.63) is 48.0 Å². The molecule has 1 aliphatic rings. The first-order valence-corrected chi connectivity index (χ1v) is 8.42. The summed E-state index contributed by atoms with van der Waals surface area (Å²) in [6.45, 7) is 0.667. The normalized spacial score (nSPS) is 16.5. The molecular weight excluding hydrogens is 332 g/mol. The lowest BCUT2D eigenvalue weighted by atomic mass is 10.0. The van der Waals surface area contributed by atoms with Gasteiger partial charge in [0.05, 0.1) is 14.2 Å². The van der Waals surface area contributed by atoms with Crippen LogP contribution in [0.15, 0.2) is 42.5 Å². The monoisotopic (exact) mass is 354 g/mol. The van der Waals surface area contributed by atoms with E-state index in [9.17, 15) is 9.59 Å². The lowest BCUT2D eigenvalue weighted by Gasteiger charge is -2.13. The maximum atomic E-state index is 12.4. The summed E-state index contributed by atoms with van der Waals surface area (Å²) in [5.74, 6) is 1.12. The number of methoxy groups -OCH3 is 2. The highest BCUT2D eigenvalue weighted by Gasteiger charge is 2.30. The van der Waals surface area contributed by atoms with Crippen LogP contribution in [0.4, 0.5) is 0 Å². The molecule has 1 fully saturated rings. The largest absolute Gasteiger partial charge is 0.497 e. The lowest BCUT2D eigenvalue weighted by Crippen LogP contribution is -2.40. The molecule has 136 valence electrons. The highest BCUT2D eigenvalue weighted by atomic mass is 16.5. The zero-order valence-corrected chi connectivity index (χ0v) is 15.1. The quantitative estimate of drug-likeness (QED) is 0.895. The van der Waals surface area contributed by atoms with Gasteiger partial charge in [0.2, 0.25) is 5.91 Å². The predicted octanol–water partition coefficient (Wildman–Crippen LogP) is 2.33. The summed E-state index contributed by atoms with van der Waals surface area (Å²) in [5, 5.41) is 2.80. The summed E-state index contributed by atoms with van der Waals surface area (Å²) in [4.78, 5) is 25.9. The van der Waals surface area contributed by atoms with Crippen LogP contribution in [-0.4, -0.2) is 50.6 Å². The third-order valence-corrected chi connectivity index (χ3v) is 4.60. The van der Waals surface area contributed by atoms with Crippen molar-refractivity contribution >= 4 is 11.8 Å². The second kappa shape index (κ2) is 7.47. The summed E-state index contributed by atoms with van der Waals surface area (Å²) < 4.78 is 10.6. The second-order valence-electron chi connectivity index (χ2n) is 6.22. The minimum absolute atomic E-state index is 0.0436. The number of nitrogens with zero attached hydrogens (tertiary/aromatic N) is 1. The molecule has 0 bridgehead atoms. The van der Waals surface area contributed by atoms with Gasteiger partial charge in [0, 0.05) is 30.8 Å². The van der Waals surface area contributed by atoms with Crippen molar-refractivity contribution in [3.63, 3.8) is 0 Å². The Labute approximate surface area is 152 Å². The van der Waals surface area contributed by atoms with Gasteiger partial charge >= 0.3 is 0 Å². The van der Waals surface area contributed by atoms with Gasteiger partial charge < -0.3 is 19.7 Å². The van der Waals surface area contributed by atoms with E-state index in [0.717, 1.165) is 11.1 Å². The van der Waals surface area contributed by atoms with E-state index in [2.05, 4.69) is 5.32 Å². The third-order valence-electron chi connectivity index (χ3n) is 4.60. The highest BCUT2D eigenvalue weighted by Crippen LogP contribution is 2.33. The smallest absolute Gasteiger partial charge is 0.251 e. The number of likely N-dealkylation sites (N-methyl/N-ethyl adjacent to an activating group) is 1. The van der Waals surface area contributed by atoms with Crippen molar-refractivity contribution in [1.82, 2.24) is 10.2 Å². The molecule has 0 aromatic heterocycles. The van der Waals surface area contributed by atoms with Gasteiger partial charge in [-0.3, -0.25) is 9.59 Å². The van der Waals surface area contributed by atoms with Crippen molar-refractivity contribution in [1.29, 1.82) is 0 Å². The minimum atomic E-state index is -0.436. The predicted molar refractivity (Wildman–Crippen MR) is 98.5 cm³/mol. The number of hydrogen-bond donors (Lipinski definition) is 1. The van der Waals surface area contributed by atoms with E-state index in [1.807, 2.05) is 30.3 Å². The van der Waals surface area contributed by atoms with Crippen LogP contribution in [0.5, 0.6) is 11.5 Å². The van der Waals surface area contributed by atoms with E-state index >= 15 is 0 Å². The average molecular weight is 354 g/mol. The molecule has 0 saturated carbocycles. The van der Waals surface area contributed by atoms with E-state index in [0.29, 0.717) is 30.0 Å². The molecule has 2 aromatic carbocycles. The lowest BCUT2D eigenvalue weighted by molar-refractivity contribution is -0.128. The van der Waals surface area contributed by atoms with E-state index in [1.54, 1.807) is 38.3 Å². The maximum Gasteiger partial charge on any atom is 0.251 e. The number of likely N-dealkylation sites (tertiary alicyclic amines) is 1.